The first-order valence-corrected chi connectivity index (χ1v) is 5.88. The van der Waals surface area contributed by atoms with Gasteiger partial charge >= 0.3 is 0 Å². The number of nitro benzene ring substituents is 1. The van der Waals surface area contributed by atoms with E-state index in [0.717, 1.165) is 11.3 Å². The van der Waals surface area contributed by atoms with Crippen molar-refractivity contribution in [2.45, 2.75) is 6.61 Å². The van der Waals surface area contributed by atoms with Crippen LogP contribution in [0.25, 0.3) is 0 Å². The van der Waals surface area contributed by atoms with Crippen LogP contribution in [0.2, 0.25) is 5.02 Å². The van der Waals surface area contributed by atoms with Gasteiger partial charge in [-0.25, -0.2) is 0 Å². The Labute approximate surface area is 114 Å². The van der Waals surface area contributed by atoms with Gasteiger partial charge in [-0.05, 0) is 23.8 Å². The molecule has 2 rings (SSSR count). The van der Waals surface area contributed by atoms with E-state index in [9.17, 15) is 10.1 Å². The van der Waals surface area contributed by atoms with Gasteiger partial charge in [0.1, 0.15) is 0 Å². The lowest BCUT2D eigenvalue weighted by molar-refractivity contribution is -0.384. The normalized spacial score (nSPS) is 10.2. The molecule has 2 aromatic rings. The van der Waals surface area contributed by atoms with Crippen LogP contribution in [-0.2, 0) is 6.61 Å². The van der Waals surface area contributed by atoms with E-state index in [0.29, 0.717) is 5.69 Å². The van der Waals surface area contributed by atoms with Crippen LogP contribution in [0.4, 0.5) is 17.1 Å². The van der Waals surface area contributed by atoms with Crippen molar-refractivity contribution in [1.29, 1.82) is 0 Å². The quantitative estimate of drug-likeness (QED) is 0.663. The summed E-state index contributed by atoms with van der Waals surface area (Å²) >= 11 is 5.98. The Morgan fingerprint density at radius 3 is 2.68 bits per heavy atom. The zero-order valence-corrected chi connectivity index (χ0v) is 10.6. The number of nitro groups is 1. The Bertz CT molecular complexity index is 617. The van der Waals surface area contributed by atoms with Gasteiger partial charge in [-0.2, -0.15) is 0 Å². The zero-order valence-electron chi connectivity index (χ0n) is 9.84. The van der Waals surface area contributed by atoms with Crippen LogP contribution in [0.1, 0.15) is 5.56 Å². The summed E-state index contributed by atoms with van der Waals surface area (Å²) in [5, 5.41) is 23.0. The number of nitrogens with zero attached hydrogens (tertiary/aromatic N) is 1. The number of halogens is 1. The molecule has 6 heteroatoms. The molecule has 5 nitrogen and oxygen atoms in total. The van der Waals surface area contributed by atoms with Crippen LogP contribution in [0.3, 0.4) is 0 Å². The fourth-order valence-electron chi connectivity index (χ4n) is 1.62. The molecule has 0 unspecified atom stereocenters. The Morgan fingerprint density at radius 1 is 1.26 bits per heavy atom. The van der Waals surface area contributed by atoms with Gasteiger partial charge in [0.25, 0.3) is 5.69 Å². The maximum atomic E-state index is 10.6. The number of rotatable bonds is 4. The topological polar surface area (TPSA) is 75.4 Å². The first kappa shape index (κ1) is 13.3. The minimum Gasteiger partial charge on any atom is -0.392 e. The van der Waals surface area contributed by atoms with Crippen LogP contribution in [0, 0.1) is 10.1 Å². The fraction of sp³-hybridized carbons (Fsp3) is 0.0769. The molecule has 2 aromatic carbocycles. The molecule has 0 radical (unpaired) electrons. The largest absolute Gasteiger partial charge is 0.392 e. The predicted octanol–water partition coefficient (Wildman–Crippen LogP) is 3.48. The molecule has 0 amide bonds. The van der Waals surface area contributed by atoms with Gasteiger partial charge in [-0.1, -0.05) is 23.7 Å². The third-order valence-corrected chi connectivity index (χ3v) is 2.86. The Kier molecular flexibility index (Phi) is 3.99. The number of benzene rings is 2. The third kappa shape index (κ3) is 3.21. The number of hydrogen-bond acceptors (Lipinski definition) is 4. The number of anilines is 2. The molecule has 0 aliphatic carbocycles. The molecule has 0 heterocycles. The van der Waals surface area contributed by atoms with E-state index in [1.807, 2.05) is 6.07 Å². The lowest BCUT2D eigenvalue weighted by atomic mass is 10.2. The molecule has 2 N–H and O–H groups in total. The first-order chi connectivity index (χ1) is 9.10. The molecular weight excluding hydrogens is 268 g/mol. The van der Waals surface area contributed by atoms with E-state index in [4.69, 9.17) is 16.7 Å². The highest BCUT2D eigenvalue weighted by molar-refractivity contribution is 6.33. The van der Waals surface area contributed by atoms with Crippen LogP contribution < -0.4 is 5.32 Å². The van der Waals surface area contributed by atoms with E-state index in [2.05, 4.69) is 5.32 Å². The molecular formula is C13H11ClN2O3. The molecule has 0 aliphatic heterocycles. The lowest BCUT2D eigenvalue weighted by Gasteiger charge is -2.09. The Hall–Kier alpha value is -2.11. The Morgan fingerprint density at radius 2 is 2.05 bits per heavy atom. The summed E-state index contributed by atoms with van der Waals surface area (Å²) < 4.78 is 0. The summed E-state index contributed by atoms with van der Waals surface area (Å²) in [5.74, 6) is 0. The van der Waals surface area contributed by atoms with Gasteiger partial charge in [0.05, 0.1) is 22.2 Å². The van der Waals surface area contributed by atoms with E-state index < -0.39 is 4.92 Å². The number of aliphatic hydroxyl groups excluding tert-OH is 1. The zero-order chi connectivity index (χ0) is 13.8. The SMILES string of the molecule is O=[N+]([O-])c1ccc(Nc2cccc(CO)c2)c(Cl)c1. The second-order valence-electron chi connectivity index (χ2n) is 3.90. The summed E-state index contributed by atoms with van der Waals surface area (Å²) in [6, 6.07) is 11.4. The standard InChI is InChI=1S/C13H11ClN2O3/c14-12-7-11(16(18)19)4-5-13(12)15-10-3-1-2-9(6-10)8-17/h1-7,15,17H,8H2. The van der Waals surface area contributed by atoms with Gasteiger partial charge in [-0.3, -0.25) is 10.1 Å². The minimum absolute atomic E-state index is 0.0521. The molecule has 0 aromatic heterocycles. The van der Waals surface area contributed by atoms with E-state index in [1.54, 1.807) is 24.3 Å². The Balaban J connectivity index is 2.25. The molecule has 0 fully saturated rings. The summed E-state index contributed by atoms with van der Waals surface area (Å²) in [5.41, 5.74) is 2.03. The highest BCUT2D eigenvalue weighted by Gasteiger charge is 2.09. The molecule has 0 bridgehead atoms. The van der Waals surface area contributed by atoms with Crippen LogP contribution in [-0.4, -0.2) is 10.0 Å². The molecule has 98 valence electrons. The summed E-state index contributed by atoms with van der Waals surface area (Å²) in [6.07, 6.45) is 0. The number of nitrogens with one attached hydrogen (secondary N) is 1. The van der Waals surface area contributed by atoms with Crippen molar-refractivity contribution in [1.82, 2.24) is 0 Å². The molecule has 0 aliphatic rings. The average molecular weight is 279 g/mol. The molecule has 19 heavy (non-hydrogen) atoms. The molecule has 0 saturated heterocycles. The van der Waals surface area contributed by atoms with Crippen molar-refractivity contribution in [3.8, 4) is 0 Å². The first-order valence-electron chi connectivity index (χ1n) is 5.51. The highest BCUT2D eigenvalue weighted by atomic mass is 35.5. The molecule has 0 spiro atoms. The van der Waals surface area contributed by atoms with Gasteiger partial charge in [0.15, 0.2) is 0 Å². The predicted molar refractivity (Wildman–Crippen MR) is 73.8 cm³/mol. The maximum Gasteiger partial charge on any atom is 0.271 e. The van der Waals surface area contributed by atoms with Crippen molar-refractivity contribution in [3.63, 3.8) is 0 Å². The summed E-state index contributed by atoms with van der Waals surface area (Å²) in [7, 11) is 0. The van der Waals surface area contributed by atoms with Gasteiger partial charge < -0.3 is 10.4 Å². The number of hydrogen-bond donors (Lipinski definition) is 2. The minimum atomic E-state index is -0.498. The van der Waals surface area contributed by atoms with Gasteiger partial charge in [0, 0.05) is 17.8 Å². The fourth-order valence-corrected chi connectivity index (χ4v) is 1.84. The van der Waals surface area contributed by atoms with Crippen molar-refractivity contribution >= 4 is 28.7 Å². The lowest BCUT2D eigenvalue weighted by Crippen LogP contribution is -1.94. The van der Waals surface area contributed by atoms with Crippen LogP contribution in [0.15, 0.2) is 42.5 Å². The van der Waals surface area contributed by atoms with Gasteiger partial charge in [-0.15, -0.1) is 0 Å². The van der Waals surface area contributed by atoms with Crippen LogP contribution in [0.5, 0.6) is 0 Å². The third-order valence-electron chi connectivity index (χ3n) is 2.55. The van der Waals surface area contributed by atoms with Crippen molar-refractivity contribution in [3.05, 3.63) is 63.2 Å². The second-order valence-corrected chi connectivity index (χ2v) is 4.31. The van der Waals surface area contributed by atoms with Gasteiger partial charge in [0.2, 0.25) is 0 Å². The number of aliphatic hydroxyl groups is 1. The van der Waals surface area contributed by atoms with Crippen molar-refractivity contribution in [2.24, 2.45) is 0 Å². The van der Waals surface area contributed by atoms with E-state index in [1.165, 1.54) is 12.1 Å². The molecule has 0 atom stereocenters. The average Bonchev–Trinajstić information content (AvgIpc) is 2.41. The van der Waals surface area contributed by atoms with E-state index in [-0.39, 0.29) is 17.3 Å². The summed E-state index contributed by atoms with van der Waals surface area (Å²) in [4.78, 5) is 10.1. The smallest absolute Gasteiger partial charge is 0.271 e. The number of non-ortho nitro benzene ring substituents is 1. The van der Waals surface area contributed by atoms with Crippen molar-refractivity contribution in [2.75, 3.05) is 5.32 Å². The van der Waals surface area contributed by atoms with Crippen molar-refractivity contribution < 1.29 is 10.0 Å². The maximum absolute atomic E-state index is 10.6. The molecule has 0 saturated carbocycles. The van der Waals surface area contributed by atoms with Crippen LogP contribution >= 0.6 is 11.6 Å². The summed E-state index contributed by atoms with van der Waals surface area (Å²) in [6.45, 7) is -0.0521. The highest BCUT2D eigenvalue weighted by Crippen LogP contribution is 2.29. The van der Waals surface area contributed by atoms with E-state index >= 15 is 0 Å². The second kappa shape index (κ2) is 5.69. The monoisotopic (exact) mass is 278 g/mol.